The molecule has 0 saturated carbocycles. The first-order valence-corrected chi connectivity index (χ1v) is 6.24. The van der Waals surface area contributed by atoms with Crippen LogP contribution in [0.4, 0.5) is 0 Å². The van der Waals surface area contributed by atoms with Gasteiger partial charge in [0.1, 0.15) is 0 Å². The van der Waals surface area contributed by atoms with E-state index in [1.165, 1.54) is 11.8 Å². The average Bonchev–Trinajstić information content (AvgIpc) is 2.76. The second-order valence-corrected chi connectivity index (χ2v) is 4.97. The Balaban J connectivity index is 2.28. The van der Waals surface area contributed by atoms with Gasteiger partial charge in [0, 0.05) is 29.9 Å². The summed E-state index contributed by atoms with van der Waals surface area (Å²) in [6, 6.07) is 5.21. The molecule has 0 spiro atoms. The Hall–Kier alpha value is -1.66. The summed E-state index contributed by atoms with van der Waals surface area (Å²) in [4.78, 5) is 5.07. The smallest absolute Gasteiger partial charge is 0.172 e. The minimum Gasteiger partial charge on any atom is -0.409 e. The highest BCUT2D eigenvalue weighted by atomic mass is 35.5. The Morgan fingerprint density at radius 2 is 2.33 bits per heavy atom. The van der Waals surface area contributed by atoms with Gasteiger partial charge >= 0.3 is 0 Å². The van der Waals surface area contributed by atoms with E-state index >= 15 is 0 Å². The Kier molecular flexibility index (Phi) is 3.78. The molecular formula is C11H11ClN4OS. The van der Waals surface area contributed by atoms with Crippen LogP contribution in [0.15, 0.2) is 45.8 Å². The molecule has 94 valence electrons. The topological polar surface area (TPSA) is 76.4 Å². The normalized spacial score (nSPS) is 11.8. The lowest BCUT2D eigenvalue weighted by molar-refractivity contribution is 0.318. The number of nitrogens with zero attached hydrogens (tertiary/aromatic N) is 3. The van der Waals surface area contributed by atoms with E-state index in [0.29, 0.717) is 10.6 Å². The highest BCUT2D eigenvalue weighted by Crippen LogP contribution is 2.32. The molecule has 0 aliphatic rings. The molecule has 1 aromatic heterocycles. The van der Waals surface area contributed by atoms with Gasteiger partial charge in [-0.05, 0) is 18.2 Å². The van der Waals surface area contributed by atoms with E-state index in [4.69, 9.17) is 22.5 Å². The quantitative estimate of drug-likeness (QED) is 0.392. The molecule has 3 N–H and O–H groups in total. The molecular weight excluding hydrogens is 272 g/mol. The minimum atomic E-state index is 0.0328. The third kappa shape index (κ3) is 2.60. The van der Waals surface area contributed by atoms with Gasteiger partial charge in [0.25, 0.3) is 0 Å². The number of imidazole rings is 1. The predicted molar refractivity (Wildman–Crippen MR) is 71.3 cm³/mol. The van der Waals surface area contributed by atoms with Crippen LogP contribution >= 0.6 is 23.4 Å². The summed E-state index contributed by atoms with van der Waals surface area (Å²) in [6.45, 7) is 0. The van der Waals surface area contributed by atoms with Gasteiger partial charge in [0.15, 0.2) is 11.0 Å². The largest absolute Gasteiger partial charge is 0.409 e. The SMILES string of the molecule is Cn1ccnc1Sc1ccc(/C(N)=N/O)cc1Cl. The van der Waals surface area contributed by atoms with Crippen LogP contribution in [0.2, 0.25) is 5.02 Å². The van der Waals surface area contributed by atoms with Crippen molar-refractivity contribution in [1.82, 2.24) is 9.55 Å². The number of aryl methyl sites for hydroxylation is 1. The molecule has 0 aliphatic carbocycles. The molecule has 18 heavy (non-hydrogen) atoms. The number of hydrogen-bond acceptors (Lipinski definition) is 4. The number of amidine groups is 1. The van der Waals surface area contributed by atoms with Crippen molar-refractivity contribution >= 4 is 29.2 Å². The molecule has 0 bridgehead atoms. The third-order valence-electron chi connectivity index (χ3n) is 2.31. The van der Waals surface area contributed by atoms with Crippen LogP contribution in [0.5, 0.6) is 0 Å². The van der Waals surface area contributed by atoms with Crippen molar-refractivity contribution in [1.29, 1.82) is 0 Å². The summed E-state index contributed by atoms with van der Waals surface area (Å²) in [5.41, 5.74) is 6.07. The van der Waals surface area contributed by atoms with Gasteiger partial charge in [-0.25, -0.2) is 4.98 Å². The van der Waals surface area contributed by atoms with Crippen molar-refractivity contribution in [2.24, 2.45) is 17.9 Å². The Bertz CT molecular complexity index is 596. The molecule has 1 aromatic carbocycles. The van der Waals surface area contributed by atoms with E-state index in [1.807, 2.05) is 23.9 Å². The summed E-state index contributed by atoms with van der Waals surface area (Å²) in [6.07, 6.45) is 3.59. The lowest BCUT2D eigenvalue weighted by Crippen LogP contribution is -2.12. The minimum absolute atomic E-state index is 0.0328. The van der Waals surface area contributed by atoms with E-state index < -0.39 is 0 Å². The summed E-state index contributed by atoms with van der Waals surface area (Å²) in [5, 5.41) is 12.9. The fourth-order valence-electron chi connectivity index (χ4n) is 1.35. The van der Waals surface area contributed by atoms with Crippen molar-refractivity contribution in [3.05, 3.63) is 41.2 Å². The highest BCUT2D eigenvalue weighted by molar-refractivity contribution is 7.99. The highest BCUT2D eigenvalue weighted by Gasteiger charge is 2.08. The second kappa shape index (κ2) is 5.32. The van der Waals surface area contributed by atoms with E-state index in [-0.39, 0.29) is 5.84 Å². The summed E-state index contributed by atoms with van der Waals surface area (Å²) in [7, 11) is 1.91. The van der Waals surface area contributed by atoms with Crippen LogP contribution < -0.4 is 5.73 Å². The van der Waals surface area contributed by atoms with Gasteiger partial charge in [-0.3, -0.25) is 0 Å². The number of hydrogen-bond donors (Lipinski definition) is 2. The molecule has 7 heteroatoms. The van der Waals surface area contributed by atoms with E-state index in [9.17, 15) is 0 Å². The standard InChI is InChI=1S/C11H11ClN4OS/c1-16-5-4-14-11(16)18-9-3-2-7(6-8(9)12)10(13)15-17/h2-6,17H,1H3,(H2,13,15). The van der Waals surface area contributed by atoms with Crippen LogP contribution in [0.3, 0.4) is 0 Å². The molecule has 1 heterocycles. The summed E-state index contributed by atoms with van der Waals surface area (Å²) >= 11 is 7.60. The van der Waals surface area contributed by atoms with Crippen LogP contribution in [0.1, 0.15) is 5.56 Å². The third-order valence-corrected chi connectivity index (χ3v) is 3.89. The number of aromatic nitrogens is 2. The lowest BCUT2D eigenvalue weighted by Gasteiger charge is -2.06. The molecule has 2 rings (SSSR count). The summed E-state index contributed by atoms with van der Waals surface area (Å²) in [5.74, 6) is 0.0328. The van der Waals surface area contributed by atoms with Crippen molar-refractivity contribution in [3.8, 4) is 0 Å². The predicted octanol–water partition coefficient (Wildman–Crippen LogP) is 2.32. The number of nitrogens with two attached hydrogens (primary N) is 1. The summed E-state index contributed by atoms with van der Waals surface area (Å²) < 4.78 is 1.90. The molecule has 5 nitrogen and oxygen atoms in total. The first-order chi connectivity index (χ1) is 8.61. The van der Waals surface area contributed by atoms with Crippen molar-refractivity contribution in [2.45, 2.75) is 10.1 Å². The maximum absolute atomic E-state index is 8.59. The molecule has 0 fully saturated rings. The van der Waals surface area contributed by atoms with Crippen LogP contribution in [0, 0.1) is 0 Å². The fraction of sp³-hybridized carbons (Fsp3) is 0.0909. The molecule has 0 radical (unpaired) electrons. The number of benzene rings is 1. The maximum atomic E-state index is 8.59. The molecule has 0 amide bonds. The zero-order valence-electron chi connectivity index (χ0n) is 9.54. The van der Waals surface area contributed by atoms with Crippen molar-refractivity contribution < 1.29 is 5.21 Å². The van der Waals surface area contributed by atoms with Gasteiger partial charge < -0.3 is 15.5 Å². The average molecular weight is 283 g/mol. The fourth-order valence-corrected chi connectivity index (χ4v) is 2.45. The monoisotopic (exact) mass is 282 g/mol. The van der Waals surface area contributed by atoms with Gasteiger partial charge in [-0.1, -0.05) is 28.5 Å². The zero-order chi connectivity index (χ0) is 13.1. The van der Waals surface area contributed by atoms with Crippen LogP contribution in [-0.2, 0) is 7.05 Å². The Labute approximate surface area is 113 Å². The number of halogens is 1. The maximum Gasteiger partial charge on any atom is 0.172 e. The molecule has 0 atom stereocenters. The van der Waals surface area contributed by atoms with Gasteiger partial charge in [-0.2, -0.15) is 0 Å². The second-order valence-electron chi connectivity index (χ2n) is 3.55. The molecule has 2 aromatic rings. The van der Waals surface area contributed by atoms with E-state index in [1.54, 1.807) is 18.3 Å². The van der Waals surface area contributed by atoms with Crippen molar-refractivity contribution in [2.75, 3.05) is 0 Å². The first-order valence-electron chi connectivity index (χ1n) is 5.04. The van der Waals surface area contributed by atoms with Crippen LogP contribution in [-0.4, -0.2) is 20.6 Å². The number of rotatable bonds is 3. The van der Waals surface area contributed by atoms with Crippen LogP contribution in [0.25, 0.3) is 0 Å². The van der Waals surface area contributed by atoms with Gasteiger partial charge in [-0.15, -0.1) is 0 Å². The molecule has 0 aliphatic heterocycles. The molecule has 0 unspecified atom stereocenters. The Morgan fingerprint density at radius 3 is 2.89 bits per heavy atom. The van der Waals surface area contributed by atoms with E-state index in [0.717, 1.165) is 10.1 Å². The first kappa shape index (κ1) is 12.8. The van der Waals surface area contributed by atoms with Gasteiger partial charge in [0.05, 0.1) is 5.02 Å². The van der Waals surface area contributed by atoms with Crippen molar-refractivity contribution in [3.63, 3.8) is 0 Å². The molecule has 0 saturated heterocycles. The lowest BCUT2D eigenvalue weighted by atomic mass is 10.2. The zero-order valence-corrected chi connectivity index (χ0v) is 11.1. The van der Waals surface area contributed by atoms with Gasteiger partial charge in [0.2, 0.25) is 0 Å². The number of oxime groups is 1. The Morgan fingerprint density at radius 1 is 1.56 bits per heavy atom. The van der Waals surface area contributed by atoms with E-state index in [2.05, 4.69) is 10.1 Å².